The summed E-state index contributed by atoms with van der Waals surface area (Å²) in [6.45, 7) is 15.0. The van der Waals surface area contributed by atoms with Crippen LogP contribution in [0.3, 0.4) is 0 Å². The van der Waals surface area contributed by atoms with Crippen LogP contribution in [0.4, 0.5) is 0 Å². The number of hydrogen-bond donors (Lipinski definition) is 2. The molecule has 0 aromatic carbocycles. The SMILES string of the molecule is CCC1CCC(C)(O)C(OC(C)=O)C=CC(C)C(C(C)=CC=CC(C)C(O)C2OC2C(C)C(CC)OC)OC(=O)C1. The van der Waals surface area contributed by atoms with Gasteiger partial charge in [-0.3, -0.25) is 9.59 Å². The molecule has 0 aliphatic carbocycles. The maximum absolute atomic E-state index is 13.0. The van der Waals surface area contributed by atoms with E-state index in [1.807, 2.05) is 52.0 Å². The van der Waals surface area contributed by atoms with Crippen LogP contribution in [-0.4, -0.2) is 71.5 Å². The number of hydrogen-bond acceptors (Lipinski definition) is 8. The molecule has 1 fully saturated rings. The first-order valence-corrected chi connectivity index (χ1v) is 15.2. The molecule has 8 heteroatoms. The van der Waals surface area contributed by atoms with E-state index in [0.29, 0.717) is 12.8 Å². The number of methoxy groups -OCH3 is 1. The normalized spacial score (nSPS) is 34.6. The summed E-state index contributed by atoms with van der Waals surface area (Å²) in [5.74, 6) is -0.873. The van der Waals surface area contributed by atoms with Gasteiger partial charge in [-0.1, -0.05) is 65.3 Å². The largest absolute Gasteiger partial charge is 0.457 e. The lowest BCUT2D eigenvalue weighted by atomic mass is 9.85. The second-order valence-corrected chi connectivity index (χ2v) is 12.3. The highest BCUT2D eigenvalue weighted by Crippen LogP contribution is 2.37. The zero-order chi connectivity index (χ0) is 30.9. The summed E-state index contributed by atoms with van der Waals surface area (Å²) in [7, 11) is 1.71. The van der Waals surface area contributed by atoms with Gasteiger partial charge in [0.05, 0.1) is 18.3 Å². The molecule has 11 unspecified atom stereocenters. The van der Waals surface area contributed by atoms with Gasteiger partial charge >= 0.3 is 11.9 Å². The van der Waals surface area contributed by atoms with E-state index in [1.165, 1.54) is 6.92 Å². The Morgan fingerprint density at radius 2 is 1.90 bits per heavy atom. The summed E-state index contributed by atoms with van der Waals surface area (Å²) in [6.07, 6.45) is 10.1. The molecule has 0 saturated carbocycles. The fraction of sp³-hybridized carbons (Fsp3) is 0.758. The molecule has 2 rings (SSSR count). The molecule has 0 aromatic rings. The Bertz CT molecular complexity index is 934. The molecular weight excluding hydrogens is 524 g/mol. The van der Waals surface area contributed by atoms with Crippen molar-refractivity contribution in [2.75, 3.05) is 7.11 Å². The third-order valence-corrected chi connectivity index (χ3v) is 8.79. The third-order valence-electron chi connectivity index (χ3n) is 8.79. The maximum Gasteiger partial charge on any atom is 0.306 e. The number of carbonyl (C=O) groups excluding carboxylic acids is 2. The first-order chi connectivity index (χ1) is 19.2. The average Bonchev–Trinajstić information content (AvgIpc) is 3.72. The van der Waals surface area contributed by atoms with Gasteiger partial charge in [0, 0.05) is 38.2 Å². The predicted molar refractivity (Wildman–Crippen MR) is 159 cm³/mol. The van der Waals surface area contributed by atoms with Crippen molar-refractivity contribution in [2.45, 2.75) is 130 Å². The Hall–Kier alpha value is -2.00. The molecule has 2 aliphatic rings. The van der Waals surface area contributed by atoms with Gasteiger partial charge in [0.25, 0.3) is 0 Å². The van der Waals surface area contributed by atoms with Gasteiger partial charge in [-0.15, -0.1) is 0 Å². The summed E-state index contributed by atoms with van der Waals surface area (Å²) in [6, 6.07) is 0. The number of allylic oxidation sites excluding steroid dienone is 2. The van der Waals surface area contributed by atoms with E-state index >= 15 is 0 Å². The Morgan fingerprint density at radius 3 is 2.49 bits per heavy atom. The molecule has 2 heterocycles. The fourth-order valence-electron chi connectivity index (χ4n) is 5.75. The highest BCUT2D eigenvalue weighted by Gasteiger charge is 2.50. The molecule has 2 aliphatic heterocycles. The Kier molecular flexibility index (Phi) is 13.7. The first kappa shape index (κ1) is 35.2. The molecule has 1 saturated heterocycles. The van der Waals surface area contributed by atoms with E-state index in [1.54, 1.807) is 20.1 Å². The molecule has 2 N–H and O–H groups in total. The van der Waals surface area contributed by atoms with Crippen LogP contribution in [0.1, 0.15) is 87.5 Å². The topological polar surface area (TPSA) is 115 Å². The van der Waals surface area contributed by atoms with E-state index in [0.717, 1.165) is 18.4 Å². The van der Waals surface area contributed by atoms with Gasteiger partial charge in [-0.2, -0.15) is 0 Å². The van der Waals surface area contributed by atoms with Gasteiger partial charge < -0.3 is 29.2 Å². The summed E-state index contributed by atoms with van der Waals surface area (Å²) in [4.78, 5) is 24.7. The number of aliphatic hydroxyl groups is 2. The molecule has 41 heavy (non-hydrogen) atoms. The van der Waals surface area contributed by atoms with Crippen molar-refractivity contribution in [1.82, 2.24) is 0 Å². The van der Waals surface area contributed by atoms with E-state index < -0.39 is 29.9 Å². The van der Waals surface area contributed by atoms with Crippen molar-refractivity contribution in [3.63, 3.8) is 0 Å². The van der Waals surface area contributed by atoms with Crippen molar-refractivity contribution < 1.29 is 38.7 Å². The van der Waals surface area contributed by atoms with Crippen molar-refractivity contribution in [1.29, 1.82) is 0 Å². The van der Waals surface area contributed by atoms with Crippen LogP contribution in [-0.2, 0) is 28.5 Å². The Morgan fingerprint density at radius 1 is 1.22 bits per heavy atom. The van der Waals surface area contributed by atoms with Crippen LogP contribution < -0.4 is 0 Å². The molecular formula is C33H54O8. The van der Waals surface area contributed by atoms with Crippen molar-refractivity contribution >= 4 is 11.9 Å². The zero-order valence-electron chi connectivity index (χ0n) is 26.5. The lowest BCUT2D eigenvalue weighted by molar-refractivity contribution is -0.156. The average molecular weight is 579 g/mol. The highest BCUT2D eigenvalue weighted by molar-refractivity contribution is 5.70. The van der Waals surface area contributed by atoms with Gasteiger partial charge in [0.1, 0.15) is 23.9 Å². The summed E-state index contributed by atoms with van der Waals surface area (Å²) in [5.41, 5.74) is -0.420. The number of epoxide rings is 1. The molecule has 0 spiro atoms. The van der Waals surface area contributed by atoms with Crippen LogP contribution >= 0.6 is 0 Å². The van der Waals surface area contributed by atoms with Gasteiger partial charge in [0.15, 0.2) is 0 Å². The fourth-order valence-corrected chi connectivity index (χ4v) is 5.75. The van der Waals surface area contributed by atoms with Crippen molar-refractivity contribution in [3.8, 4) is 0 Å². The van der Waals surface area contributed by atoms with E-state index in [2.05, 4.69) is 13.8 Å². The summed E-state index contributed by atoms with van der Waals surface area (Å²) in [5, 5.41) is 22.0. The second-order valence-electron chi connectivity index (χ2n) is 12.3. The number of esters is 2. The maximum atomic E-state index is 13.0. The van der Waals surface area contributed by atoms with Crippen molar-refractivity contribution in [3.05, 3.63) is 36.0 Å². The molecule has 11 atom stereocenters. The van der Waals surface area contributed by atoms with Crippen LogP contribution in [0, 0.1) is 23.7 Å². The molecule has 0 amide bonds. The van der Waals surface area contributed by atoms with Crippen LogP contribution in [0.15, 0.2) is 36.0 Å². The Balaban J connectivity index is 2.19. The minimum atomic E-state index is -1.26. The summed E-state index contributed by atoms with van der Waals surface area (Å²) >= 11 is 0. The standard InChI is InChI=1S/C33H54O8/c1-10-25-17-18-33(8,37)27(39-24(7)34)16-15-22(5)30(40-28(35)19-25)21(4)14-12-13-20(3)29(36)32-31(41-32)23(6)26(11-2)38-9/h12-16,20,22-23,25-27,29-32,36-37H,10-11,17-19H2,1-9H3. The number of aliphatic hydroxyl groups excluding tert-OH is 1. The van der Waals surface area contributed by atoms with Gasteiger partial charge in [-0.05, 0) is 50.7 Å². The molecule has 0 aromatic heterocycles. The van der Waals surface area contributed by atoms with E-state index in [9.17, 15) is 19.8 Å². The summed E-state index contributed by atoms with van der Waals surface area (Å²) < 4.78 is 22.9. The van der Waals surface area contributed by atoms with E-state index in [-0.39, 0.29) is 54.4 Å². The number of carbonyl (C=O) groups is 2. The highest BCUT2D eigenvalue weighted by atomic mass is 16.6. The zero-order valence-corrected chi connectivity index (χ0v) is 26.5. The van der Waals surface area contributed by atoms with Crippen LogP contribution in [0.2, 0.25) is 0 Å². The van der Waals surface area contributed by atoms with E-state index in [4.69, 9.17) is 18.9 Å². The first-order valence-electron chi connectivity index (χ1n) is 15.2. The minimum absolute atomic E-state index is 0.0187. The predicted octanol–water partition coefficient (Wildman–Crippen LogP) is 5.31. The molecule has 0 radical (unpaired) electrons. The molecule has 8 nitrogen and oxygen atoms in total. The van der Waals surface area contributed by atoms with Gasteiger partial charge in [-0.25, -0.2) is 0 Å². The quantitative estimate of drug-likeness (QED) is 0.147. The smallest absolute Gasteiger partial charge is 0.306 e. The monoisotopic (exact) mass is 578 g/mol. The van der Waals surface area contributed by atoms with Crippen LogP contribution in [0.5, 0.6) is 0 Å². The number of cyclic esters (lactones) is 1. The van der Waals surface area contributed by atoms with Crippen LogP contribution in [0.25, 0.3) is 0 Å². The lowest BCUT2D eigenvalue weighted by Crippen LogP contribution is -2.42. The van der Waals surface area contributed by atoms with Crippen molar-refractivity contribution in [2.24, 2.45) is 23.7 Å². The lowest BCUT2D eigenvalue weighted by Gasteiger charge is -2.33. The second kappa shape index (κ2) is 16.0. The molecule has 234 valence electrons. The third kappa shape index (κ3) is 10.3. The minimum Gasteiger partial charge on any atom is -0.457 e. The number of rotatable bonds is 11. The number of ether oxygens (including phenoxy) is 4. The molecule has 0 bridgehead atoms. The van der Waals surface area contributed by atoms with Gasteiger partial charge in [0.2, 0.25) is 0 Å². The Labute approximate surface area is 247 Å².